The Morgan fingerprint density at radius 3 is 2.43 bits per heavy atom. The van der Waals surface area contributed by atoms with E-state index < -0.39 is 5.41 Å². The molecule has 2 aromatic rings. The van der Waals surface area contributed by atoms with Crippen molar-refractivity contribution in [3.05, 3.63) is 65.4 Å². The standard InChI is InChI=1S/C24H26N4O2/c1-14-9-18(11-19(14)22(29)27(5)6)28-21-10-16(17-12-25-15(2)26-13-17)7-8-20(21)24(3,4)23(28)30/h7-14H,1-6H3. The largest absolute Gasteiger partial charge is 0.345 e. The lowest BCUT2D eigenvalue weighted by Gasteiger charge is -2.20. The van der Waals surface area contributed by atoms with Crippen LogP contribution in [0, 0.1) is 12.8 Å². The molecule has 0 saturated heterocycles. The Balaban J connectivity index is 1.81. The van der Waals surface area contributed by atoms with Gasteiger partial charge in [-0.1, -0.05) is 25.1 Å². The summed E-state index contributed by atoms with van der Waals surface area (Å²) in [5, 5.41) is 0. The van der Waals surface area contributed by atoms with Crippen LogP contribution in [0.4, 0.5) is 5.69 Å². The molecule has 0 saturated carbocycles. The van der Waals surface area contributed by atoms with Gasteiger partial charge in [0.15, 0.2) is 0 Å². The predicted octanol–water partition coefficient (Wildman–Crippen LogP) is 3.62. The summed E-state index contributed by atoms with van der Waals surface area (Å²) in [6.07, 6.45) is 7.42. The number of allylic oxidation sites excluding steroid dienone is 2. The summed E-state index contributed by atoms with van der Waals surface area (Å²) in [4.78, 5) is 37.9. The van der Waals surface area contributed by atoms with Crippen molar-refractivity contribution in [3.63, 3.8) is 0 Å². The lowest BCUT2D eigenvalue weighted by molar-refractivity contribution is -0.125. The van der Waals surface area contributed by atoms with E-state index in [1.54, 1.807) is 36.3 Å². The van der Waals surface area contributed by atoms with Crippen molar-refractivity contribution in [3.8, 4) is 11.1 Å². The molecule has 2 heterocycles. The fraction of sp³-hybridized carbons (Fsp3) is 0.333. The number of nitrogens with zero attached hydrogens (tertiary/aromatic N) is 4. The summed E-state index contributed by atoms with van der Waals surface area (Å²) in [5.41, 5.74) is 4.45. The number of hydrogen-bond donors (Lipinski definition) is 0. The number of benzene rings is 1. The van der Waals surface area contributed by atoms with E-state index in [2.05, 4.69) is 9.97 Å². The van der Waals surface area contributed by atoms with Crippen LogP contribution in [0.25, 0.3) is 11.1 Å². The molecule has 30 heavy (non-hydrogen) atoms. The summed E-state index contributed by atoms with van der Waals surface area (Å²) < 4.78 is 0. The van der Waals surface area contributed by atoms with Gasteiger partial charge in [0.1, 0.15) is 5.82 Å². The van der Waals surface area contributed by atoms with Crippen molar-refractivity contribution in [1.82, 2.24) is 14.9 Å². The highest BCUT2D eigenvalue weighted by atomic mass is 16.2. The van der Waals surface area contributed by atoms with E-state index >= 15 is 0 Å². The number of anilines is 1. The average Bonchev–Trinajstić information content (AvgIpc) is 3.16. The molecule has 2 amide bonds. The van der Waals surface area contributed by atoms with Crippen molar-refractivity contribution < 1.29 is 9.59 Å². The first-order chi connectivity index (χ1) is 14.1. The second-order valence-corrected chi connectivity index (χ2v) is 8.70. The van der Waals surface area contributed by atoms with Crippen LogP contribution in [-0.2, 0) is 15.0 Å². The van der Waals surface area contributed by atoms with E-state index in [4.69, 9.17) is 0 Å². The summed E-state index contributed by atoms with van der Waals surface area (Å²) in [5.74, 6) is 0.628. The molecule has 1 aromatic carbocycles. The molecule has 154 valence electrons. The van der Waals surface area contributed by atoms with Gasteiger partial charge >= 0.3 is 0 Å². The zero-order valence-electron chi connectivity index (χ0n) is 18.2. The number of aromatic nitrogens is 2. The highest BCUT2D eigenvalue weighted by Gasteiger charge is 2.46. The summed E-state index contributed by atoms with van der Waals surface area (Å²) in [6.45, 7) is 7.71. The molecule has 6 heteroatoms. The smallest absolute Gasteiger partial charge is 0.249 e. The van der Waals surface area contributed by atoms with Gasteiger partial charge in [-0.25, -0.2) is 9.97 Å². The van der Waals surface area contributed by atoms with Crippen LogP contribution < -0.4 is 4.90 Å². The van der Waals surface area contributed by atoms with Crippen LogP contribution in [-0.4, -0.2) is 40.8 Å². The number of fused-ring (bicyclic) bond motifs is 1. The molecule has 4 rings (SSSR count). The highest BCUT2D eigenvalue weighted by Crippen LogP contribution is 2.46. The Morgan fingerprint density at radius 2 is 1.80 bits per heavy atom. The van der Waals surface area contributed by atoms with Gasteiger partial charge in [0.2, 0.25) is 11.8 Å². The number of likely N-dealkylation sites (N-methyl/N-ethyl adjacent to an activating group) is 1. The highest BCUT2D eigenvalue weighted by molar-refractivity contribution is 6.11. The average molecular weight is 402 g/mol. The van der Waals surface area contributed by atoms with E-state index in [9.17, 15) is 9.59 Å². The molecule has 1 aliphatic heterocycles. The summed E-state index contributed by atoms with van der Waals surface area (Å²) in [7, 11) is 3.48. The van der Waals surface area contributed by atoms with Gasteiger partial charge in [0.05, 0.1) is 11.1 Å². The van der Waals surface area contributed by atoms with E-state index in [0.717, 1.165) is 28.1 Å². The number of carbonyl (C=O) groups is 2. The number of aryl methyl sites for hydroxylation is 1. The van der Waals surface area contributed by atoms with Gasteiger partial charge < -0.3 is 4.90 Å². The topological polar surface area (TPSA) is 66.4 Å². The first-order valence-corrected chi connectivity index (χ1v) is 10.0. The van der Waals surface area contributed by atoms with Crippen LogP contribution in [0.1, 0.15) is 32.2 Å². The third-order valence-corrected chi connectivity index (χ3v) is 5.89. The van der Waals surface area contributed by atoms with Crippen LogP contribution in [0.3, 0.4) is 0 Å². The Bertz CT molecular complexity index is 1110. The number of rotatable bonds is 3. The molecule has 0 bridgehead atoms. The zero-order valence-corrected chi connectivity index (χ0v) is 18.2. The van der Waals surface area contributed by atoms with Crippen molar-refractivity contribution in [2.45, 2.75) is 33.1 Å². The van der Waals surface area contributed by atoms with Crippen molar-refractivity contribution >= 4 is 17.5 Å². The normalized spacial score (nSPS) is 19.5. The SMILES string of the molecule is Cc1ncc(-c2ccc3c(c2)N(C2=CC(C)C(C(=O)N(C)C)=C2)C(=O)C3(C)C)cn1. The second kappa shape index (κ2) is 6.90. The van der Waals surface area contributed by atoms with Crippen LogP contribution >= 0.6 is 0 Å². The van der Waals surface area contributed by atoms with Gasteiger partial charge in [0.25, 0.3) is 0 Å². The van der Waals surface area contributed by atoms with E-state index in [0.29, 0.717) is 11.4 Å². The Labute approximate surface area is 176 Å². The zero-order chi connectivity index (χ0) is 21.8. The number of carbonyl (C=O) groups excluding carboxylic acids is 2. The quantitative estimate of drug-likeness (QED) is 0.786. The van der Waals surface area contributed by atoms with E-state index in [1.165, 1.54) is 0 Å². The molecular formula is C24H26N4O2. The second-order valence-electron chi connectivity index (χ2n) is 8.70. The van der Waals surface area contributed by atoms with Crippen LogP contribution in [0.5, 0.6) is 0 Å². The molecule has 0 fully saturated rings. The van der Waals surface area contributed by atoms with Crippen molar-refractivity contribution in [2.24, 2.45) is 5.92 Å². The van der Waals surface area contributed by atoms with Crippen LogP contribution in [0.2, 0.25) is 0 Å². The van der Waals surface area contributed by atoms with Gasteiger partial charge in [0, 0.05) is 49.2 Å². The molecule has 0 radical (unpaired) electrons. The lowest BCUT2D eigenvalue weighted by atomic mass is 9.85. The van der Waals surface area contributed by atoms with Gasteiger partial charge in [-0.2, -0.15) is 0 Å². The maximum atomic E-state index is 13.4. The molecule has 1 atom stereocenters. The van der Waals surface area contributed by atoms with Gasteiger partial charge in [-0.3, -0.25) is 14.5 Å². The van der Waals surface area contributed by atoms with Gasteiger partial charge in [-0.15, -0.1) is 0 Å². The third-order valence-electron chi connectivity index (χ3n) is 5.89. The molecule has 1 unspecified atom stereocenters. The maximum absolute atomic E-state index is 13.4. The van der Waals surface area contributed by atoms with Crippen molar-refractivity contribution in [1.29, 1.82) is 0 Å². The molecule has 0 spiro atoms. The monoisotopic (exact) mass is 402 g/mol. The number of hydrogen-bond acceptors (Lipinski definition) is 4. The minimum absolute atomic E-state index is 0.00283. The minimum atomic E-state index is -0.649. The summed E-state index contributed by atoms with van der Waals surface area (Å²) >= 11 is 0. The number of amides is 2. The van der Waals surface area contributed by atoms with Crippen LogP contribution in [0.15, 0.2) is 54.0 Å². The molecular weight excluding hydrogens is 376 g/mol. The molecule has 0 N–H and O–H groups in total. The Hall–Kier alpha value is -3.28. The predicted molar refractivity (Wildman–Crippen MR) is 117 cm³/mol. The lowest BCUT2D eigenvalue weighted by Crippen LogP contribution is -2.35. The maximum Gasteiger partial charge on any atom is 0.249 e. The molecule has 2 aliphatic rings. The fourth-order valence-corrected chi connectivity index (χ4v) is 4.07. The van der Waals surface area contributed by atoms with E-state index in [-0.39, 0.29) is 17.7 Å². The first kappa shape index (κ1) is 20.0. The minimum Gasteiger partial charge on any atom is -0.345 e. The Kier molecular flexibility index (Phi) is 4.60. The molecule has 1 aliphatic carbocycles. The van der Waals surface area contributed by atoms with Crippen molar-refractivity contribution in [2.75, 3.05) is 19.0 Å². The molecule has 6 nitrogen and oxygen atoms in total. The Morgan fingerprint density at radius 1 is 1.13 bits per heavy atom. The first-order valence-electron chi connectivity index (χ1n) is 10.0. The van der Waals surface area contributed by atoms with E-state index in [1.807, 2.05) is 58.0 Å². The molecule has 1 aromatic heterocycles. The fourth-order valence-electron chi connectivity index (χ4n) is 4.07. The summed E-state index contributed by atoms with van der Waals surface area (Å²) in [6, 6.07) is 6.03. The van der Waals surface area contributed by atoms with Gasteiger partial charge in [-0.05, 0) is 44.0 Å². The third kappa shape index (κ3) is 3.03.